The maximum absolute atomic E-state index is 12.5. The number of anilines is 1. The summed E-state index contributed by atoms with van der Waals surface area (Å²) >= 11 is 0.606. The predicted molar refractivity (Wildman–Crippen MR) is 76.7 cm³/mol. The predicted octanol–water partition coefficient (Wildman–Crippen LogP) is 3.59. The van der Waals surface area contributed by atoms with Crippen LogP contribution in [0.15, 0.2) is 24.4 Å². The Labute approximate surface area is 128 Å². The maximum Gasteiger partial charge on any atom is 0.427 e. The molecule has 1 aliphatic heterocycles. The van der Waals surface area contributed by atoms with Gasteiger partial charge < -0.3 is 14.8 Å². The number of halogens is 3. The molecule has 0 fully saturated rings. The highest BCUT2D eigenvalue weighted by atomic mass is 32.1. The van der Waals surface area contributed by atoms with Crippen molar-refractivity contribution < 1.29 is 22.6 Å². The third-order valence-electron chi connectivity index (χ3n) is 3.08. The Hall–Kier alpha value is -1.96. The molecule has 0 atom stereocenters. The molecule has 0 unspecified atom stereocenters. The summed E-state index contributed by atoms with van der Waals surface area (Å²) in [5.74, 6) is 1.43. The van der Waals surface area contributed by atoms with E-state index in [0.29, 0.717) is 43.3 Å². The first kappa shape index (κ1) is 15.0. The van der Waals surface area contributed by atoms with Crippen LogP contribution in [0.2, 0.25) is 0 Å². The normalized spacial score (nSPS) is 14.0. The van der Waals surface area contributed by atoms with Gasteiger partial charge >= 0.3 is 6.18 Å². The molecule has 118 valence electrons. The minimum atomic E-state index is -4.34. The first-order valence-electron chi connectivity index (χ1n) is 6.68. The van der Waals surface area contributed by atoms with Crippen LogP contribution >= 0.6 is 11.3 Å². The maximum atomic E-state index is 12.5. The molecule has 0 radical (unpaired) electrons. The van der Waals surface area contributed by atoms with E-state index in [1.807, 2.05) is 18.2 Å². The van der Waals surface area contributed by atoms with Crippen molar-refractivity contribution in [1.82, 2.24) is 4.98 Å². The molecule has 0 aliphatic carbocycles. The Morgan fingerprint density at radius 1 is 1.18 bits per heavy atom. The lowest BCUT2D eigenvalue weighted by atomic mass is 10.1. The number of fused-ring (bicyclic) bond motifs is 1. The van der Waals surface area contributed by atoms with Crippen molar-refractivity contribution in [3.63, 3.8) is 0 Å². The Bertz CT molecular complexity index is 658. The third-order valence-corrected chi connectivity index (χ3v) is 4.08. The number of hydrogen-bond acceptors (Lipinski definition) is 5. The van der Waals surface area contributed by atoms with Crippen molar-refractivity contribution in [1.29, 1.82) is 0 Å². The van der Waals surface area contributed by atoms with Crippen LogP contribution in [0.3, 0.4) is 0 Å². The molecule has 1 aliphatic rings. The lowest BCUT2D eigenvalue weighted by molar-refractivity contribution is -0.134. The molecule has 0 amide bonds. The van der Waals surface area contributed by atoms with Gasteiger partial charge in [-0.1, -0.05) is 17.4 Å². The SMILES string of the molecule is FC(F)(F)c1cnc(NCCc2ccc3c(c2)OCCO3)s1. The minimum Gasteiger partial charge on any atom is -0.486 e. The van der Waals surface area contributed by atoms with Crippen LogP contribution in [0.25, 0.3) is 0 Å². The molecule has 4 nitrogen and oxygen atoms in total. The summed E-state index contributed by atoms with van der Waals surface area (Å²) in [6, 6.07) is 5.65. The summed E-state index contributed by atoms with van der Waals surface area (Å²) in [6.07, 6.45) is -2.85. The molecule has 0 bridgehead atoms. The van der Waals surface area contributed by atoms with Gasteiger partial charge in [0.25, 0.3) is 0 Å². The van der Waals surface area contributed by atoms with E-state index in [2.05, 4.69) is 10.3 Å². The second kappa shape index (κ2) is 6.04. The molecule has 0 saturated heterocycles. The monoisotopic (exact) mass is 330 g/mol. The van der Waals surface area contributed by atoms with Gasteiger partial charge in [-0.3, -0.25) is 0 Å². The molecule has 8 heteroatoms. The topological polar surface area (TPSA) is 43.4 Å². The summed E-state index contributed by atoms with van der Waals surface area (Å²) < 4.78 is 48.3. The van der Waals surface area contributed by atoms with E-state index in [-0.39, 0.29) is 5.13 Å². The Morgan fingerprint density at radius 3 is 2.68 bits per heavy atom. The van der Waals surface area contributed by atoms with Crippen molar-refractivity contribution >= 4 is 16.5 Å². The zero-order chi connectivity index (χ0) is 15.6. The summed E-state index contributed by atoms with van der Waals surface area (Å²) in [6.45, 7) is 1.55. The highest BCUT2D eigenvalue weighted by molar-refractivity contribution is 7.15. The fourth-order valence-electron chi connectivity index (χ4n) is 2.04. The number of rotatable bonds is 4. The summed E-state index contributed by atoms with van der Waals surface area (Å²) in [7, 11) is 0. The standard InChI is InChI=1S/C14H13F3N2O2S/c15-14(16,17)12-8-19-13(22-12)18-4-3-9-1-2-10-11(7-9)21-6-5-20-10/h1-2,7-8H,3-6H2,(H,18,19). The number of alkyl halides is 3. The van der Waals surface area contributed by atoms with E-state index in [1.165, 1.54) is 0 Å². The highest BCUT2D eigenvalue weighted by Crippen LogP contribution is 2.35. The Balaban J connectivity index is 1.56. The van der Waals surface area contributed by atoms with Crippen molar-refractivity contribution in [2.24, 2.45) is 0 Å². The van der Waals surface area contributed by atoms with Gasteiger partial charge in [-0.25, -0.2) is 4.98 Å². The first-order valence-corrected chi connectivity index (χ1v) is 7.49. The molecular weight excluding hydrogens is 317 g/mol. The van der Waals surface area contributed by atoms with Gasteiger partial charge in [0.1, 0.15) is 18.1 Å². The van der Waals surface area contributed by atoms with E-state index in [0.717, 1.165) is 17.5 Å². The largest absolute Gasteiger partial charge is 0.486 e. The Morgan fingerprint density at radius 2 is 1.95 bits per heavy atom. The van der Waals surface area contributed by atoms with E-state index in [1.54, 1.807) is 0 Å². The van der Waals surface area contributed by atoms with Crippen LogP contribution in [-0.2, 0) is 12.6 Å². The van der Waals surface area contributed by atoms with Crippen LogP contribution in [0.1, 0.15) is 10.4 Å². The van der Waals surface area contributed by atoms with Gasteiger partial charge in [-0.05, 0) is 24.1 Å². The van der Waals surface area contributed by atoms with Crippen LogP contribution in [0.4, 0.5) is 18.3 Å². The fraction of sp³-hybridized carbons (Fsp3) is 0.357. The van der Waals surface area contributed by atoms with E-state index in [9.17, 15) is 13.2 Å². The van der Waals surface area contributed by atoms with E-state index in [4.69, 9.17) is 9.47 Å². The number of nitrogens with one attached hydrogen (secondary N) is 1. The van der Waals surface area contributed by atoms with Crippen molar-refractivity contribution in [2.75, 3.05) is 25.1 Å². The number of ether oxygens (including phenoxy) is 2. The molecule has 0 saturated carbocycles. The van der Waals surface area contributed by atoms with Gasteiger partial charge in [0.15, 0.2) is 16.6 Å². The van der Waals surface area contributed by atoms with Gasteiger partial charge in [0.2, 0.25) is 0 Å². The quantitative estimate of drug-likeness (QED) is 0.930. The number of benzene rings is 1. The van der Waals surface area contributed by atoms with Crippen LogP contribution in [-0.4, -0.2) is 24.7 Å². The molecule has 1 N–H and O–H groups in total. The van der Waals surface area contributed by atoms with Crippen LogP contribution < -0.4 is 14.8 Å². The number of thiazole rings is 1. The Kier molecular flexibility index (Phi) is 4.10. The molecular formula is C14H13F3N2O2S. The molecule has 1 aromatic heterocycles. The summed E-state index contributed by atoms with van der Waals surface area (Å²) in [4.78, 5) is 3.03. The van der Waals surface area contributed by atoms with Crippen LogP contribution in [0, 0.1) is 0 Å². The molecule has 1 aromatic carbocycles. The number of aromatic nitrogens is 1. The highest BCUT2D eigenvalue weighted by Gasteiger charge is 2.33. The van der Waals surface area contributed by atoms with Crippen molar-refractivity contribution in [2.45, 2.75) is 12.6 Å². The van der Waals surface area contributed by atoms with Gasteiger partial charge in [-0.2, -0.15) is 13.2 Å². The average molecular weight is 330 g/mol. The number of nitrogens with zero attached hydrogens (tertiary/aromatic N) is 1. The second-order valence-electron chi connectivity index (χ2n) is 4.68. The second-order valence-corrected chi connectivity index (χ2v) is 5.71. The molecule has 2 heterocycles. The summed E-state index contributed by atoms with van der Waals surface area (Å²) in [5, 5.41) is 3.17. The van der Waals surface area contributed by atoms with Crippen molar-refractivity contribution in [3.8, 4) is 11.5 Å². The fourth-order valence-corrected chi connectivity index (χ4v) is 2.75. The molecule has 22 heavy (non-hydrogen) atoms. The smallest absolute Gasteiger partial charge is 0.427 e. The lowest BCUT2D eigenvalue weighted by Crippen LogP contribution is -2.15. The zero-order valence-electron chi connectivity index (χ0n) is 11.4. The molecule has 0 spiro atoms. The van der Waals surface area contributed by atoms with Crippen LogP contribution in [0.5, 0.6) is 11.5 Å². The van der Waals surface area contributed by atoms with Gasteiger partial charge in [-0.15, -0.1) is 0 Å². The van der Waals surface area contributed by atoms with Gasteiger partial charge in [0, 0.05) is 6.54 Å². The summed E-state index contributed by atoms with van der Waals surface area (Å²) in [5.41, 5.74) is 1.02. The molecule has 2 aromatic rings. The third kappa shape index (κ3) is 3.44. The lowest BCUT2D eigenvalue weighted by Gasteiger charge is -2.18. The number of hydrogen-bond donors (Lipinski definition) is 1. The molecule has 3 rings (SSSR count). The minimum absolute atomic E-state index is 0.268. The van der Waals surface area contributed by atoms with E-state index >= 15 is 0 Å². The zero-order valence-corrected chi connectivity index (χ0v) is 12.3. The van der Waals surface area contributed by atoms with Gasteiger partial charge in [0.05, 0.1) is 6.20 Å². The first-order chi connectivity index (χ1) is 10.5. The van der Waals surface area contributed by atoms with E-state index < -0.39 is 11.1 Å². The average Bonchev–Trinajstić information content (AvgIpc) is 2.96. The van der Waals surface area contributed by atoms with Crippen molar-refractivity contribution in [3.05, 3.63) is 34.8 Å².